The fourth-order valence-electron chi connectivity index (χ4n) is 3.97. The first-order valence-electron chi connectivity index (χ1n) is 9.56. The van der Waals surface area contributed by atoms with Crippen molar-refractivity contribution in [1.82, 2.24) is 0 Å². The number of benzene rings is 3. The lowest BCUT2D eigenvalue weighted by Crippen LogP contribution is -2.34. The molecule has 3 nitrogen and oxygen atoms in total. The summed E-state index contributed by atoms with van der Waals surface area (Å²) in [6.45, 7) is 2.19. The van der Waals surface area contributed by atoms with E-state index in [1.54, 1.807) is 0 Å². The standard InChI is InChI=1S/C25H23NO2/c1-3-28-25(27)23-22(18-12-6-4-7-13-18)20-16-10-11-17-21(20)26(2)24(23)19-14-8-5-9-15-19/h4-17,24H,3H2,1-2H3. The molecule has 0 saturated heterocycles. The Morgan fingerprint density at radius 1 is 0.893 bits per heavy atom. The lowest BCUT2D eigenvalue weighted by molar-refractivity contribution is -0.138. The topological polar surface area (TPSA) is 29.5 Å². The number of hydrogen-bond acceptors (Lipinski definition) is 3. The number of esters is 1. The maximum atomic E-state index is 13.2. The van der Waals surface area contributed by atoms with Crippen molar-refractivity contribution in [2.24, 2.45) is 0 Å². The van der Waals surface area contributed by atoms with Gasteiger partial charge in [0.25, 0.3) is 0 Å². The maximum Gasteiger partial charge on any atom is 0.337 e. The molecule has 0 saturated carbocycles. The van der Waals surface area contributed by atoms with Gasteiger partial charge < -0.3 is 9.64 Å². The Hall–Kier alpha value is -3.33. The number of nitrogens with zero attached hydrogens (tertiary/aromatic N) is 1. The van der Waals surface area contributed by atoms with E-state index in [1.165, 1.54) is 0 Å². The third kappa shape index (κ3) is 3.09. The Labute approximate surface area is 165 Å². The van der Waals surface area contributed by atoms with E-state index in [2.05, 4.69) is 41.3 Å². The molecule has 0 spiro atoms. The Bertz CT molecular complexity index is 1010. The minimum atomic E-state index is -0.267. The highest BCUT2D eigenvalue weighted by Crippen LogP contribution is 2.46. The molecule has 1 aliphatic rings. The fourth-order valence-corrected chi connectivity index (χ4v) is 3.97. The molecular formula is C25H23NO2. The van der Waals surface area contributed by atoms with Gasteiger partial charge in [0.2, 0.25) is 0 Å². The summed E-state index contributed by atoms with van der Waals surface area (Å²) < 4.78 is 5.52. The predicted molar refractivity (Wildman–Crippen MR) is 113 cm³/mol. The van der Waals surface area contributed by atoms with Crippen LogP contribution in [0.3, 0.4) is 0 Å². The number of carbonyl (C=O) groups excluding carboxylic acids is 1. The van der Waals surface area contributed by atoms with E-state index in [-0.39, 0.29) is 12.0 Å². The first kappa shape index (κ1) is 18.1. The van der Waals surface area contributed by atoms with Crippen LogP contribution >= 0.6 is 0 Å². The summed E-state index contributed by atoms with van der Waals surface area (Å²) >= 11 is 0. The van der Waals surface area contributed by atoms with Crippen molar-refractivity contribution in [2.45, 2.75) is 13.0 Å². The van der Waals surface area contributed by atoms with Gasteiger partial charge >= 0.3 is 5.97 Å². The quantitative estimate of drug-likeness (QED) is 0.589. The molecular weight excluding hydrogens is 346 g/mol. The molecule has 3 aromatic rings. The van der Waals surface area contributed by atoms with E-state index in [4.69, 9.17) is 4.74 Å². The summed E-state index contributed by atoms with van der Waals surface area (Å²) in [7, 11) is 2.04. The highest BCUT2D eigenvalue weighted by atomic mass is 16.5. The molecule has 3 aromatic carbocycles. The van der Waals surface area contributed by atoms with Crippen LogP contribution in [-0.2, 0) is 9.53 Å². The summed E-state index contributed by atoms with van der Waals surface area (Å²) in [6, 6.07) is 28.3. The predicted octanol–water partition coefficient (Wildman–Crippen LogP) is 5.24. The third-order valence-electron chi connectivity index (χ3n) is 5.16. The van der Waals surface area contributed by atoms with E-state index in [1.807, 2.05) is 62.5 Å². The Morgan fingerprint density at radius 2 is 1.50 bits per heavy atom. The van der Waals surface area contributed by atoms with Crippen molar-refractivity contribution < 1.29 is 9.53 Å². The van der Waals surface area contributed by atoms with Crippen molar-refractivity contribution in [1.29, 1.82) is 0 Å². The van der Waals surface area contributed by atoms with Crippen molar-refractivity contribution in [3.8, 4) is 0 Å². The number of hydrogen-bond donors (Lipinski definition) is 0. The second-order valence-corrected chi connectivity index (χ2v) is 6.82. The van der Waals surface area contributed by atoms with Crippen molar-refractivity contribution in [2.75, 3.05) is 18.6 Å². The van der Waals surface area contributed by atoms with Gasteiger partial charge in [0.1, 0.15) is 0 Å². The number of rotatable bonds is 4. The highest BCUT2D eigenvalue weighted by molar-refractivity contribution is 6.07. The van der Waals surface area contributed by atoms with Gasteiger partial charge in [-0.05, 0) is 24.1 Å². The van der Waals surface area contributed by atoms with E-state index in [9.17, 15) is 4.79 Å². The minimum Gasteiger partial charge on any atom is -0.463 e. The Kier molecular flexibility index (Phi) is 4.98. The van der Waals surface area contributed by atoms with Gasteiger partial charge in [-0.2, -0.15) is 0 Å². The van der Waals surface area contributed by atoms with Gasteiger partial charge in [-0.15, -0.1) is 0 Å². The smallest absolute Gasteiger partial charge is 0.337 e. The molecule has 0 radical (unpaired) electrons. The number of para-hydroxylation sites is 1. The molecule has 0 aromatic heterocycles. The van der Waals surface area contributed by atoms with Crippen LogP contribution in [0.4, 0.5) is 5.69 Å². The molecule has 0 bridgehead atoms. The van der Waals surface area contributed by atoms with E-state index >= 15 is 0 Å². The van der Waals surface area contributed by atoms with E-state index in [0.29, 0.717) is 12.2 Å². The van der Waals surface area contributed by atoms with Crippen LogP contribution in [0.2, 0.25) is 0 Å². The monoisotopic (exact) mass is 369 g/mol. The molecule has 3 heteroatoms. The maximum absolute atomic E-state index is 13.2. The summed E-state index contributed by atoms with van der Waals surface area (Å²) in [5, 5.41) is 0. The van der Waals surface area contributed by atoms with Crippen LogP contribution in [-0.4, -0.2) is 19.6 Å². The molecule has 0 aliphatic carbocycles. The molecule has 0 N–H and O–H groups in total. The summed E-state index contributed by atoms with van der Waals surface area (Å²) in [6.07, 6.45) is 0. The van der Waals surface area contributed by atoms with Gasteiger partial charge in [0.15, 0.2) is 0 Å². The first-order chi connectivity index (χ1) is 13.7. The number of ether oxygens (including phenoxy) is 1. The number of anilines is 1. The van der Waals surface area contributed by atoms with Crippen LogP contribution in [0.1, 0.15) is 29.7 Å². The van der Waals surface area contributed by atoms with Gasteiger partial charge in [0, 0.05) is 23.9 Å². The summed E-state index contributed by atoms with van der Waals surface area (Å²) in [5.74, 6) is -0.267. The van der Waals surface area contributed by atoms with E-state index in [0.717, 1.165) is 28.0 Å². The van der Waals surface area contributed by atoms with Crippen LogP contribution < -0.4 is 4.90 Å². The lowest BCUT2D eigenvalue weighted by atomic mass is 9.82. The zero-order valence-electron chi connectivity index (χ0n) is 16.1. The largest absolute Gasteiger partial charge is 0.463 e. The molecule has 1 unspecified atom stereocenters. The second-order valence-electron chi connectivity index (χ2n) is 6.82. The average Bonchev–Trinajstić information content (AvgIpc) is 2.75. The van der Waals surface area contributed by atoms with Crippen molar-refractivity contribution >= 4 is 17.2 Å². The molecule has 1 heterocycles. The second kappa shape index (κ2) is 7.73. The summed E-state index contributed by atoms with van der Waals surface area (Å²) in [4.78, 5) is 15.4. The molecule has 1 aliphatic heterocycles. The number of fused-ring (bicyclic) bond motifs is 1. The van der Waals surface area contributed by atoms with Gasteiger partial charge in [-0.1, -0.05) is 78.9 Å². The zero-order valence-corrected chi connectivity index (χ0v) is 16.1. The molecule has 0 fully saturated rings. The average molecular weight is 369 g/mol. The van der Waals surface area contributed by atoms with Crippen LogP contribution in [0, 0.1) is 0 Å². The third-order valence-corrected chi connectivity index (χ3v) is 5.16. The summed E-state index contributed by atoms with van der Waals surface area (Å²) in [5.41, 5.74) is 5.86. The molecule has 28 heavy (non-hydrogen) atoms. The van der Waals surface area contributed by atoms with Crippen LogP contribution in [0.25, 0.3) is 5.57 Å². The highest BCUT2D eigenvalue weighted by Gasteiger charge is 2.37. The van der Waals surface area contributed by atoms with Crippen LogP contribution in [0.15, 0.2) is 90.5 Å². The van der Waals surface area contributed by atoms with Gasteiger partial charge in [-0.3, -0.25) is 0 Å². The molecule has 4 rings (SSSR count). The molecule has 140 valence electrons. The Morgan fingerprint density at radius 3 is 2.18 bits per heavy atom. The minimum absolute atomic E-state index is 0.217. The fraction of sp³-hybridized carbons (Fsp3) is 0.160. The first-order valence-corrected chi connectivity index (χ1v) is 9.56. The number of likely N-dealkylation sites (N-methyl/N-ethyl adjacent to an activating group) is 1. The zero-order chi connectivity index (χ0) is 19.5. The van der Waals surface area contributed by atoms with Crippen molar-refractivity contribution in [3.63, 3.8) is 0 Å². The normalized spacial score (nSPS) is 15.9. The molecule has 0 amide bonds. The van der Waals surface area contributed by atoms with Gasteiger partial charge in [-0.25, -0.2) is 4.79 Å². The number of carbonyl (C=O) groups is 1. The Balaban J connectivity index is 2.05. The molecule has 1 atom stereocenters. The van der Waals surface area contributed by atoms with Crippen molar-refractivity contribution in [3.05, 3.63) is 107 Å². The SMILES string of the molecule is CCOC(=O)C1=C(c2ccccc2)c2ccccc2N(C)C1c1ccccc1. The van der Waals surface area contributed by atoms with Gasteiger partial charge in [0.05, 0.1) is 18.2 Å². The van der Waals surface area contributed by atoms with E-state index < -0.39 is 0 Å². The van der Waals surface area contributed by atoms with Crippen LogP contribution in [0.5, 0.6) is 0 Å². The lowest BCUT2D eigenvalue weighted by Gasteiger charge is -2.38.